The predicted octanol–water partition coefficient (Wildman–Crippen LogP) is 3.81. The quantitative estimate of drug-likeness (QED) is 0.571. The van der Waals surface area contributed by atoms with Crippen LogP contribution in [0.1, 0.15) is 13.8 Å². The first-order valence-corrected chi connectivity index (χ1v) is 5.60. The molecule has 0 aromatic heterocycles. The second-order valence-corrected chi connectivity index (χ2v) is 4.63. The molecule has 2 rings (SSSR count). The first-order chi connectivity index (χ1) is 7.09. The van der Waals surface area contributed by atoms with Crippen molar-refractivity contribution in [1.82, 2.24) is 0 Å². The Morgan fingerprint density at radius 1 is 1.47 bits per heavy atom. The lowest BCUT2D eigenvalue weighted by Crippen LogP contribution is -2.16. The summed E-state index contributed by atoms with van der Waals surface area (Å²) >= 11 is 12.1. The molecule has 1 heterocycles. The van der Waals surface area contributed by atoms with Gasteiger partial charge in [-0.05, 0) is 18.9 Å². The van der Waals surface area contributed by atoms with E-state index in [2.05, 4.69) is 24.6 Å². The molecule has 15 heavy (non-hydrogen) atoms. The molecule has 0 spiro atoms. The third kappa shape index (κ3) is 1.96. The minimum atomic E-state index is 0.435. The van der Waals surface area contributed by atoms with E-state index in [1.165, 1.54) is 5.57 Å². The SMILES string of the molecule is CC1=C2C(Cl)=C=CC(Cl)=CC2=NCC1C. The molecule has 2 aliphatic rings. The highest BCUT2D eigenvalue weighted by atomic mass is 35.5. The Labute approximate surface area is 99.5 Å². The number of aliphatic imine (C=N–C) groups is 1. The zero-order chi connectivity index (χ0) is 11.0. The lowest BCUT2D eigenvalue weighted by molar-refractivity contribution is 0.682. The van der Waals surface area contributed by atoms with Crippen molar-refractivity contribution in [3.63, 3.8) is 0 Å². The fourth-order valence-electron chi connectivity index (χ4n) is 1.68. The van der Waals surface area contributed by atoms with Gasteiger partial charge in [0.05, 0.1) is 15.8 Å². The van der Waals surface area contributed by atoms with Crippen LogP contribution in [0.25, 0.3) is 0 Å². The molecule has 0 radical (unpaired) electrons. The summed E-state index contributed by atoms with van der Waals surface area (Å²) in [5.41, 5.74) is 6.09. The van der Waals surface area contributed by atoms with Gasteiger partial charge in [-0.25, -0.2) is 0 Å². The monoisotopic (exact) mass is 239 g/mol. The summed E-state index contributed by atoms with van der Waals surface area (Å²) in [5.74, 6) is 0.435. The lowest BCUT2D eigenvalue weighted by Gasteiger charge is -2.21. The topological polar surface area (TPSA) is 12.4 Å². The Morgan fingerprint density at radius 3 is 2.93 bits per heavy atom. The Kier molecular flexibility index (Phi) is 2.88. The molecule has 0 saturated carbocycles. The first kappa shape index (κ1) is 10.8. The van der Waals surface area contributed by atoms with Gasteiger partial charge >= 0.3 is 0 Å². The van der Waals surface area contributed by atoms with Gasteiger partial charge in [0.15, 0.2) is 0 Å². The van der Waals surface area contributed by atoms with E-state index in [0.29, 0.717) is 16.0 Å². The van der Waals surface area contributed by atoms with Crippen molar-refractivity contribution in [2.45, 2.75) is 13.8 Å². The molecule has 0 fully saturated rings. The third-order valence-corrected chi connectivity index (χ3v) is 3.27. The number of hydrogen-bond acceptors (Lipinski definition) is 1. The van der Waals surface area contributed by atoms with Crippen LogP contribution in [-0.2, 0) is 0 Å². The standard InChI is InChI=1S/C12H11Cl2N/c1-7-6-15-11-5-9(13)3-4-10(14)12(11)8(7)2/h3,5,7H,6H2,1-2H3. The van der Waals surface area contributed by atoms with Gasteiger partial charge in [-0.1, -0.05) is 41.4 Å². The molecular formula is C12H11Cl2N. The van der Waals surface area contributed by atoms with Crippen LogP contribution in [-0.4, -0.2) is 12.3 Å². The fraction of sp³-hybridized carbons (Fsp3) is 0.333. The first-order valence-electron chi connectivity index (χ1n) is 4.85. The molecule has 0 N–H and O–H groups in total. The van der Waals surface area contributed by atoms with Crippen LogP contribution in [0, 0.1) is 5.92 Å². The molecule has 1 unspecified atom stereocenters. The molecule has 3 heteroatoms. The number of rotatable bonds is 0. The molecule has 1 aliphatic heterocycles. The summed E-state index contributed by atoms with van der Waals surface area (Å²) in [6.07, 6.45) is 3.52. The van der Waals surface area contributed by atoms with E-state index >= 15 is 0 Å². The molecular weight excluding hydrogens is 229 g/mol. The maximum absolute atomic E-state index is 6.16. The second kappa shape index (κ2) is 4.02. The van der Waals surface area contributed by atoms with Gasteiger partial charge in [-0.15, -0.1) is 0 Å². The van der Waals surface area contributed by atoms with Crippen LogP contribution < -0.4 is 0 Å². The fourth-order valence-corrected chi connectivity index (χ4v) is 2.14. The third-order valence-electron chi connectivity index (χ3n) is 2.76. The Balaban J connectivity index is 2.65. The van der Waals surface area contributed by atoms with Crippen LogP contribution in [0.3, 0.4) is 0 Å². The van der Waals surface area contributed by atoms with Gasteiger partial charge in [0.2, 0.25) is 0 Å². The predicted molar refractivity (Wildman–Crippen MR) is 65.6 cm³/mol. The summed E-state index contributed by atoms with van der Waals surface area (Å²) in [4.78, 5) is 4.48. The average Bonchev–Trinajstić information content (AvgIpc) is 2.33. The molecule has 78 valence electrons. The average molecular weight is 240 g/mol. The summed E-state index contributed by atoms with van der Waals surface area (Å²) < 4.78 is 0. The largest absolute Gasteiger partial charge is 0.284 e. The van der Waals surface area contributed by atoms with Crippen LogP contribution in [0.15, 0.2) is 44.1 Å². The Bertz CT molecular complexity index is 460. The van der Waals surface area contributed by atoms with Gasteiger partial charge in [0.25, 0.3) is 0 Å². The van der Waals surface area contributed by atoms with Crippen LogP contribution >= 0.6 is 23.2 Å². The highest BCUT2D eigenvalue weighted by molar-refractivity contribution is 6.39. The number of fused-ring (bicyclic) bond motifs is 1. The maximum Gasteiger partial charge on any atom is 0.0918 e. The molecule has 0 amide bonds. The van der Waals surface area contributed by atoms with Crippen molar-refractivity contribution in [3.05, 3.63) is 39.1 Å². The zero-order valence-corrected chi connectivity index (χ0v) is 10.2. The van der Waals surface area contributed by atoms with Crippen molar-refractivity contribution >= 4 is 28.9 Å². The van der Waals surface area contributed by atoms with E-state index in [4.69, 9.17) is 23.2 Å². The minimum Gasteiger partial charge on any atom is -0.284 e. The van der Waals surface area contributed by atoms with Crippen molar-refractivity contribution in [3.8, 4) is 0 Å². The van der Waals surface area contributed by atoms with Gasteiger partial charge < -0.3 is 0 Å². The van der Waals surface area contributed by atoms with Gasteiger partial charge in [-0.2, -0.15) is 0 Å². The zero-order valence-electron chi connectivity index (χ0n) is 8.64. The van der Waals surface area contributed by atoms with E-state index in [1.807, 2.05) is 6.08 Å². The lowest BCUT2D eigenvalue weighted by atomic mass is 9.91. The van der Waals surface area contributed by atoms with E-state index in [0.717, 1.165) is 17.8 Å². The molecule has 0 aromatic rings. The number of halogens is 2. The Morgan fingerprint density at radius 2 is 2.20 bits per heavy atom. The van der Waals surface area contributed by atoms with E-state index in [1.54, 1.807) is 6.08 Å². The molecule has 0 saturated heterocycles. The van der Waals surface area contributed by atoms with E-state index in [-0.39, 0.29) is 0 Å². The van der Waals surface area contributed by atoms with Crippen molar-refractivity contribution in [2.24, 2.45) is 10.9 Å². The van der Waals surface area contributed by atoms with Crippen LogP contribution in [0.2, 0.25) is 0 Å². The van der Waals surface area contributed by atoms with Gasteiger partial charge in [-0.3, -0.25) is 4.99 Å². The summed E-state index contributed by atoms with van der Waals surface area (Å²) in [6, 6.07) is 0. The highest BCUT2D eigenvalue weighted by Crippen LogP contribution is 2.31. The summed E-state index contributed by atoms with van der Waals surface area (Å²) in [7, 11) is 0. The van der Waals surface area contributed by atoms with Crippen molar-refractivity contribution in [2.75, 3.05) is 6.54 Å². The molecule has 1 atom stereocenters. The van der Waals surface area contributed by atoms with E-state index < -0.39 is 0 Å². The number of hydrogen-bond donors (Lipinski definition) is 0. The molecule has 1 nitrogen and oxygen atoms in total. The molecule has 0 bridgehead atoms. The maximum atomic E-state index is 6.16. The molecule has 0 aromatic carbocycles. The normalized spacial score (nSPS) is 25.3. The van der Waals surface area contributed by atoms with E-state index in [9.17, 15) is 0 Å². The van der Waals surface area contributed by atoms with Crippen LogP contribution in [0.5, 0.6) is 0 Å². The van der Waals surface area contributed by atoms with Crippen LogP contribution in [0.4, 0.5) is 0 Å². The van der Waals surface area contributed by atoms with Gasteiger partial charge in [0, 0.05) is 18.2 Å². The van der Waals surface area contributed by atoms with Crippen molar-refractivity contribution in [1.29, 1.82) is 0 Å². The highest BCUT2D eigenvalue weighted by Gasteiger charge is 2.21. The van der Waals surface area contributed by atoms with Gasteiger partial charge in [0.1, 0.15) is 0 Å². The smallest absolute Gasteiger partial charge is 0.0918 e. The molecule has 1 aliphatic carbocycles. The van der Waals surface area contributed by atoms with Crippen molar-refractivity contribution < 1.29 is 0 Å². The number of allylic oxidation sites excluding steroid dienone is 4. The second-order valence-electron chi connectivity index (χ2n) is 3.82. The summed E-state index contributed by atoms with van der Waals surface area (Å²) in [6.45, 7) is 5.04. The summed E-state index contributed by atoms with van der Waals surface area (Å²) in [5, 5.41) is 1.22. The number of nitrogens with zero attached hydrogens (tertiary/aromatic N) is 1. The Hall–Kier alpha value is -0.750. The number of dihydropyridines is 1. The minimum absolute atomic E-state index is 0.435.